The van der Waals surface area contributed by atoms with Crippen molar-refractivity contribution in [2.75, 3.05) is 11.9 Å². The molecule has 2 saturated heterocycles. The molecule has 6 N–H and O–H groups in total. The molecule has 6 unspecified atom stereocenters. The third-order valence-corrected chi connectivity index (χ3v) is 7.96. The molecule has 11 nitrogen and oxygen atoms in total. The minimum absolute atomic E-state index is 0.0572. The number of aliphatic carboxylic acids is 1. The summed E-state index contributed by atoms with van der Waals surface area (Å²) in [6.07, 6.45) is -0.501. The second kappa shape index (κ2) is 8.93. The number of aliphatic hydroxyl groups excluding tert-OH is 1. The summed E-state index contributed by atoms with van der Waals surface area (Å²) in [5.41, 5.74) is -0.0768. The summed E-state index contributed by atoms with van der Waals surface area (Å²) in [4.78, 5) is 50.1. The monoisotopic (exact) mass is 491 g/mol. The quantitative estimate of drug-likeness (QED) is 0.297. The number of benzene rings is 1. The molecule has 0 aromatic heterocycles. The highest BCUT2D eigenvalue weighted by atomic mass is 32.2. The number of nitrogens with zero attached hydrogens (tertiary/aromatic N) is 1. The number of phenolic OH excluding ortho intramolecular Hbond substituents is 1. The number of carbonyl (C=O) groups is 4. The van der Waals surface area contributed by atoms with Gasteiger partial charge in [0.2, 0.25) is 11.8 Å². The summed E-state index contributed by atoms with van der Waals surface area (Å²) < 4.78 is 0. The van der Waals surface area contributed by atoms with Crippen molar-refractivity contribution < 1.29 is 39.6 Å². The van der Waals surface area contributed by atoms with Gasteiger partial charge in [-0.05, 0) is 25.5 Å². The van der Waals surface area contributed by atoms with E-state index >= 15 is 0 Å². The van der Waals surface area contributed by atoms with Gasteiger partial charge in [0.25, 0.3) is 0 Å². The molecule has 0 saturated carbocycles. The van der Waals surface area contributed by atoms with E-state index in [0.717, 1.165) is 6.07 Å². The Balaban J connectivity index is 1.44. The number of phenols is 1. The number of rotatable bonds is 7. The molecule has 34 heavy (non-hydrogen) atoms. The number of aromatic carboxylic acids is 1. The number of β-lactam (4-membered cyclic amide) rings is 1. The standard InChI is InChI=1S/C22H25N3O8S/c1-8-16-15(9(2)26)20(29)25(16)17(22(32)33)18(8)34-13-6-14(23-7-13)19(28)24-11-3-10(21(30)31)4-12(27)5-11/h3-5,8-9,13-16,23,26-27H,6-7H2,1-2H3,(H,24,28)(H,30,31)(H,32,33). The number of nitrogens with one attached hydrogen (secondary N) is 2. The van der Waals surface area contributed by atoms with Crippen LogP contribution in [0.1, 0.15) is 30.6 Å². The van der Waals surface area contributed by atoms with E-state index in [2.05, 4.69) is 10.6 Å². The van der Waals surface area contributed by atoms with E-state index in [1.807, 2.05) is 6.92 Å². The van der Waals surface area contributed by atoms with Gasteiger partial charge in [0.05, 0.1) is 29.7 Å². The van der Waals surface area contributed by atoms with Gasteiger partial charge >= 0.3 is 11.9 Å². The number of fused-ring (bicyclic) bond motifs is 1. The number of anilines is 1. The Kier molecular flexibility index (Phi) is 6.32. The number of carboxylic acids is 2. The normalized spacial score (nSPS) is 29.0. The number of carbonyl (C=O) groups excluding carboxylic acids is 2. The topological polar surface area (TPSA) is 176 Å². The van der Waals surface area contributed by atoms with Crippen LogP contribution in [0.25, 0.3) is 0 Å². The molecule has 0 radical (unpaired) electrons. The first kappa shape index (κ1) is 24.0. The zero-order valence-electron chi connectivity index (χ0n) is 18.4. The Morgan fingerprint density at radius 1 is 1.21 bits per heavy atom. The van der Waals surface area contributed by atoms with E-state index < -0.39 is 47.9 Å². The lowest BCUT2D eigenvalue weighted by Crippen LogP contribution is -2.63. The predicted molar refractivity (Wildman–Crippen MR) is 121 cm³/mol. The Morgan fingerprint density at radius 2 is 1.91 bits per heavy atom. The molecule has 12 heteroatoms. The van der Waals surface area contributed by atoms with Crippen LogP contribution in [0.2, 0.25) is 0 Å². The van der Waals surface area contributed by atoms with Crippen molar-refractivity contribution in [1.82, 2.24) is 10.2 Å². The Labute approximate surface area is 198 Å². The van der Waals surface area contributed by atoms with E-state index in [-0.39, 0.29) is 33.9 Å². The molecule has 1 aromatic carbocycles. The number of thioether (sulfide) groups is 1. The molecule has 182 valence electrons. The fourth-order valence-electron chi connectivity index (χ4n) is 4.89. The third-order valence-electron chi connectivity index (χ3n) is 6.44. The molecule has 4 rings (SSSR count). The lowest BCUT2D eigenvalue weighted by Gasteiger charge is -2.46. The highest BCUT2D eigenvalue weighted by molar-refractivity contribution is 8.03. The number of hydrogen-bond acceptors (Lipinski definition) is 8. The molecule has 0 aliphatic carbocycles. The van der Waals surface area contributed by atoms with Crippen molar-refractivity contribution in [3.63, 3.8) is 0 Å². The largest absolute Gasteiger partial charge is 0.508 e. The average Bonchev–Trinajstić information content (AvgIpc) is 3.29. The lowest BCUT2D eigenvalue weighted by molar-refractivity contribution is -0.163. The van der Waals surface area contributed by atoms with Gasteiger partial charge in [0, 0.05) is 34.4 Å². The van der Waals surface area contributed by atoms with Crippen molar-refractivity contribution in [2.45, 2.75) is 43.7 Å². The maximum atomic E-state index is 12.7. The Bertz CT molecular complexity index is 1100. The van der Waals surface area contributed by atoms with Crippen LogP contribution in [0, 0.1) is 11.8 Å². The fraction of sp³-hybridized carbons (Fsp3) is 0.455. The summed E-state index contributed by atoms with van der Waals surface area (Å²) in [5, 5.41) is 44.1. The zero-order chi connectivity index (χ0) is 24.9. The number of carboxylic acid groups (broad SMARTS) is 2. The number of aromatic hydroxyl groups is 1. The zero-order valence-corrected chi connectivity index (χ0v) is 19.2. The minimum Gasteiger partial charge on any atom is -0.508 e. The van der Waals surface area contributed by atoms with Crippen LogP contribution in [-0.4, -0.2) is 79.1 Å². The van der Waals surface area contributed by atoms with Gasteiger partial charge in [0.15, 0.2) is 0 Å². The fourth-order valence-corrected chi connectivity index (χ4v) is 6.37. The molecule has 2 amide bonds. The van der Waals surface area contributed by atoms with Crippen molar-refractivity contribution >= 4 is 41.2 Å². The molecule has 0 bridgehead atoms. The van der Waals surface area contributed by atoms with Crippen LogP contribution in [0.4, 0.5) is 5.69 Å². The van der Waals surface area contributed by atoms with E-state index in [0.29, 0.717) is 17.9 Å². The van der Waals surface area contributed by atoms with Crippen LogP contribution >= 0.6 is 11.8 Å². The van der Waals surface area contributed by atoms with Crippen molar-refractivity contribution in [1.29, 1.82) is 0 Å². The molecule has 6 atom stereocenters. The Morgan fingerprint density at radius 3 is 2.53 bits per heavy atom. The summed E-state index contributed by atoms with van der Waals surface area (Å²) >= 11 is 1.32. The highest BCUT2D eigenvalue weighted by Gasteiger charge is 2.60. The van der Waals surface area contributed by atoms with Gasteiger partial charge < -0.3 is 36.0 Å². The molecule has 2 fully saturated rings. The highest BCUT2D eigenvalue weighted by Crippen LogP contribution is 2.51. The van der Waals surface area contributed by atoms with Gasteiger partial charge in [-0.25, -0.2) is 9.59 Å². The molecule has 3 aliphatic heterocycles. The predicted octanol–water partition coefficient (Wildman–Crippen LogP) is 0.646. The SMILES string of the molecule is CC(O)C1C(=O)N2C(C(=O)O)=C(SC3CNC(C(=O)Nc4cc(O)cc(C(=O)O)c4)C3)C(C)C12. The van der Waals surface area contributed by atoms with Gasteiger partial charge in [-0.1, -0.05) is 6.92 Å². The molecule has 3 aliphatic rings. The number of amides is 2. The van der Waals surface area contributed by atoms with Crippen molar-refractivity contribution in [3.05, 3.63) is 34.4 Å². The van der Waals surface area contributed by atoms with Crippen LogP contribution in [0.3, 0.4) is 0 Å². The molecule has 0 spiro atoms. The average molecular weight is 492 g/mol. The van der Waals surface area contributed by atoms with E-state index in [4.69, 9.17) is 5.11 Å². The minimum atomic E-state index is -1.24. The maximum Gasteiger partial charge on any atom is 0.353 e. The van der Waals surface area contributed by atoms with Gasteiger partial charge in [-0.2, -0.15) is 0 Å². The number of aliphatic hydroxyl groups is 1. The molecular formula is C22H25N3O8S. The first-order valence-corrected chi connectivity index (χ1v) is 11.6. The van der Waals surface area contributed by atoms with Crippen LogP contribution in [0.5, 0.6) is 5.75 Å². The first-order valence-electron chi connectivity index (χ1n) is 10.8. The summed E-state index contributed by atoms with van der Waals surface area (Å²) in [7, 11) is 0. The maximum absolute atomic E-state index is 12.7. The summed E-state index contributed by atoms with van der Waals surface area (Å²) in [6.45, 7) is 3.78. The second-order valence-electron chi connectivity index (χ2n) is 8.77. The first-order chi connectivity index (χ1) is 16.0. The third kappa shape index (κ3) is 4.12. The van der Waals surface area contributed by atoms with Crippen molar-refractivity contribution in [3.8, 4) is 5.75 Å². The Hall–Kier alpha value is -3.09. The molecule has 1 aromatic rings. The smallest absolute Gasteiger partial charge is 0.353 e. The number of hydrogen-bond donors (Lipinski definition) is 6. The van der Waals surface area contributed by atoms with Crippen LogP contribution < -0.4 is 10.6 Å². The van der Waals surface area contributed by atoms with Gasteiger partial charge in [0.1, 0.15) is 11.4 Å². The lowest BCUT2D eigenvalue weighted by atomic mass is 9.79. The summed E-state index contributed by atoms with van der Waals surface area (Å²) in [6, 6.07) is 2.55. The van der Waals surface area contributed by atoms with Gasteiger partial charge in [-0.15, -0.1) is 11.8 Å². The van der Waals surface area contributed by atoms with Crippen molar-refractivity contribution in [2.24, 2.45) is 11.8 Å². The van der Waals surface area contributed by atoms with Crippen LogP contribution in [-0.2, 0) is 14.4 Å². The second-order valence-corrected chi connectivity index (χ2v) is 10.1. The van der Waals surface area contributed by atoms with E-state index in [1.165, 1.54) is 35.7 Å². The summed E-state index contributed by atoms with van der Waals surface area (Å²) in [5.74, 6) is -4.44. The van der Waals surface area contributed by atoms with E-state index in [1.54, 1.807) is 0 Å². The van der Waals surface area contributed by atoms with E-state index in [9.17, 15) is 34.5 Å². The molecular weight excluding hydrogens is 466 g/mol. The molecule has 3 heterocycles. The van der Waals surface area contributed by atoms with Crippen LogP contribution in [0.15, 0.2) is 28.8 Å². The van der Waals surface area contributed by atoms with Gasteiger partial charge in [-0.3, -0.25) is 9.59 Å².